The molecular weight excluding hydrogens is 423 g/mol. The summed E-state index contributed by atoms with van der Waals surface area (Å²) in [4.78, 5) is 12.7. The van der Waals surface area contributed by atoms with E-state index in [1.165, 1.54) is 17.2 Å². The van der Waals surface area contributed by atoms with Crippen LogP contribution in [0.25, 0.3) is 11.2 Å². The number of rotatable bonds is 4. The summed E-state index contributed by atoms with van der Waals surface area (Å²) >= 11 is 0. The zero-order valence-electron chi connectivity index (χ0n) is 15.9. The van der Waals surface area contributed by atoms with Crippen LogP contribution in [-0.2, 0) is 10.9 Å². The lowest BCUT2D eigenvalue weighted by atomic mass is 10.1. The van der Waals surface area contributed by atoms with Crippen LogP contribution in [0.5, 0.6) is 0 Å². The summed E-state index contributed by atoms with van der Waals surface area (Å²) in [6.07, 6.45) is -3.61. The van der Waals surface area contributed by atoms with E-state index in [2.05, 4.69) is 34.9 Å². The van der Waals surface area contributed by atoms with E-state index in [1.807, 2.05) is 0 Å². The number of ether oxygens (including phenoxy) is 1. The van der Waals surface area contributed by atoms with E-state index in [9.17, 15) is 23.4 Å². The Balaban J connectivity index is 1.43. The van der Waals surface area contributed by atoms with Crippen molar-refractivity contribution in [1.82, 2.24) is 29.7 Å². The van der Waals surface area contributed by atoms with E-state index in [-0.39, 0.29) is 6.04 Å². The monoisotopic (exact) mass is 441 g/mol. The van der Waals surface area contributed by atoms with Crippen molar-refractivity contribution in [3.8, 4) is 0 Å². The fraction of sp³-hybridized carbons (Fsp3) is 0.588. The van der Waals surface area contributed by atoms with E-state index in [0.29, 0.717) is 17.0 Å². The number of anilines is 1. The maximum atomic E-state index is 12.7. The third-order valence-corrected chi connectivity index (χ3v) is 5.49. The molecule has 2 aliphatic rings. The molecule has 0 aromatic carbocycles. The van der Waals surface area contributed by atoms with Gasteiger partial charge in [-0.25, -0.2) is 15.0 Å². The summed E-state index contributed by atoms with van der Waals surface area (Å²) < 4.78 is 49.8. The molecule has 11 nitrogen and oxygen atoms in total. The normalized spacial score (nSPS) is 27.4. The van der Waals surface area contributed by atoms with Crippen LogP contribution in [0, 0.1) is 0 Å². The van der Waals surface area contributed by atoms with Gasteiger partial charge in [0.25, 0.3) is 0 Å². The van der Waals surface area contributed by atoms with E-state index in [4.69, 9.17) is 4.74 Å². The molecule has 3 N–H and O–H groups in total. The van der Waals surface area contributed by atoms with Crippen molar-refractivity contribution in [2.75, 3.05) is 5.32 Å². The molecule has 166 valence electrons. The molecule has 4 atom stereocenters. The maximum Gasteiger partial charge on any atom is 0.470 e. The Bertz CT molecular complexity index is 1080. The molecule has 0 unspecified atom stereocenters. The fourth-order valence-electron chi connectivity index (χ4n) is 3.96. The summed E-state index contributed by atoms with van der Waals surface area (Å²) in [5.41, 5.74) is 0.772. The average molecular weight is 441 g/mol. The standard InChI is InChI=1S/C17H18F3N7O4/c18-17(19,20)16-26-25-14(31-16)11-9(28)10(29)15(30-11)27-6-23-8-12(21-5-22-13(8)27)24-7-3-1-2-4-7/h5-7,9-11,15,28-29H,1-4H2,(H,21,22,24)/t9-,10+,11-,15+/m0/s1. The van der Waals surface area contributed by atoms with Crippen LogP contribution in [-0.4, -0.2) is 58.2 Å². The molecule has 31 heavy (non-hydrogen) atoms. The molecule has 3 aromatic rings. The van der Waals surface area contributed by atoms with Gasteiger partial charge < -0.3 is 24.7 Å². The van der Waals surface area contributed by atoms with Crippen molar-refractivity contribution < 1.29 is 32.5 Å². The third kappa shape index (κ3) is 3.49. The smallest absolute Gasteiger partial charge is 0.414 e. The van der Waals surface area contributed by atoms with E-state index in [0.717, 1.165) is 25.7 Å². The highest BCUT2D eigenvalue weighted by molar-refractivity contribution is 5.82. The van der Waals surface area contributed by atoms with Gasteiger partial charge in [-0.2, -0.15) is 13.2 Å². The van der Waals surface area contributed by atoms with Gasteiger partial charge >= 0.3 is 12.1 Å². The van der Waals surface area contributed by atoms with E-state index in [1.54, 1.807) is 0 Å². The highest BCUT2D eigenvalue weighted by Crippen LogP contribution is 2.40. The van der Waals surface area contributed by atoms with Crippen LogP contribution in [0.2, 0.25) is 0 Å². The van der Waals surface area contributed by atoms with Gasteiger partial charge in [0.05, 0.1) is 6.33 Å². The Morgan fingerprint density at radius 2 is 1.84 bits per heavy atom. The molecule has 1 aliphatic carbocycles. The first-order valence-corrected chi connectivity index (χ1v) is 9.69. The van der Waals surface area contributed by atoms with Gasteiger partial charge in [0.15, 0.2) is 29.3 Å². The second kappa shape index (κ2) is 7.39. The van der Waals surface area contributed by atoms with Crippen LogP contribution in [0.3, 0.4) is 0 Å². The number of hydrogen-bond donors (Lipinski definition) is 3. The number of nitrogens with one attached hydrogen (secondary N) is 1. The fourth-order valence-corrected chi connectivity index (χ4v) is 3.96. The first-order valence-electron chi connectivity index (χ1n) is 9.69. The summed E-state index contributed by atoms with van der Waals surface area (Å²) in [6, 6.07) is 0.281. The quantitative estimate of drug-likeness (QED) is 0.546. The van der Waals surface area contributed by atoms with Gasteiger partial charge in [0.1, 0.15) is 18.5 Å². The Morgan fingerprint density at radius 3 is 2.55 bits per heavy atom. The molecule has 3 aromatic heterocycles. The SMILES string of the molecule is O[C@@H]1[C@H](O)[C@@H](c2nnc(C(F)(F)F)o2)O[C@H]1n1cnc2c(NC3CCCC3)ncnc21. The van der Waals surface area contributed by atoms with Crippen molar-refractivity contribution in [1.29, 1.82) is 0 Å². The van der Waals surface area contributed by atoms with Crippen LogP contribution in [0.15, 0.2) is 17.1 Å². The van der Waals surface area contributed by atoms with Crippen LogP contribution < -0.4 is 5.32 Å². The minimum Gasteiger partial charge on any atom is -0.414 e. The molecule has 1 saturated carbocycles. The lowest BCUT2D eigenvalue weighted by Crippen LogP contribution is -2.29. The van der Waals surface area contributed by atoms with Gasteiger partial charge in [-0.05, 0) is 12.8 Å². The van der Waals surface area contributed by atoms with Crippen molar-refractivity contribution >= 4 is 17.0 Å². The molecule has 2 fully saturated rings. The molecule has 1 aliphatic heterocycles. The zero-order valence-corrected chi connectivity index (χ0v) is 15.9. The Kier molecular flexibility index (Phi) is 4.79. The lowest BCUT2D eigenvalue weighted by Gasteiger charge is -2.16. The summed E-state index contributed by atoms with van der Waals surface area (Å²) in [7, 11) is 0. The minimum absolute atomic E-state index is 0.281. The van der Waals surface area contributed by atoms with Crippen LogP contribution >= 0.6 is 0 Å². The van der Waals surface area contributed by atoms with Gasteiger partial charge in [-0.3, -0.25) is 4.57 Å². The first kappa shape index (κ1) is 20.1. The van der Waals surface area contributed by atoms with Crippen LogP contribution in [0.1, 0.15) is 49.8 Å². The molecule has 0 amide bonds. The number of aliphatic hydroxyl groups excluding tert-OH is 2. The Morgan fingerprint density at radius 1 is 1.06 bits per heavy atom. The first-order chi connectivity index (χ1) is 14.8. The second-order valence-corrected chi connectivity index (χ2v) is 7.54. The molecular formula is C17H18F3N7O4. The predicted molar refractivity (Wildman–Crippen MR) is 95.4 cm³/mol. The lowest BCUT2D eigenvalue weighted by molar-refractivity contribution is -0.158. The number of imidazole rings is 1. The van der Waals surface area contributed by atoms with Crippen molar-refractivity contribution in [2.24, 2.45) is 0 Å². The number of nitrogens with zero attached hydrogens (tertiary/aromatic N) is 6. The van der Waals surface area contributed by atoms with Gasteiger partial charge in [-0.1, -0.05) is 12.8 Å². The Hall–Kier alpha value is -2.84. The highest BCUT2D eigenvalue weighted by atomic mass is 19.4. The zero-order chi connectivity index (χ0) is 21.8. The highest BCUT2D eigenvalue weighted by Gasteiger charge is 2.49. The van der Waals surface area contributed by atoms with Gasteiger partial charge in [0.2, 0.25) is 5.89 Å². The number of fused-ring (bicyclic) bond motifs is 1. The minimum atomic E-state index is -4.84. The molecule has 5 rings (SSSR count). The summed E-state index contributed by atoms with van der Waals surface area (Å²) in [5.74, 6) is -1.63. The summed E-state index contributed by atoms with van der Waals surface area (Å²) in [6.45, 7) is 0. The molecule has 4 heterocycles. The molecule has 0 spiro atoms. The molecule has 0 radical (unpaired) electrons. The topological polar surface area (TPSA) is 144 Å². The van der Waals surface area contributed by atoms with Gasteiger partial charge in [0, 0.05) is 6.04 Å². The van der Waals surface area contributed by atoms with Crippen molar-refractivity contribution in [3.05, 3.63) is 24.4 Å². The van der Waals surface area contributed by atoms with E-state index < -0.39 is 42.5 Å². The predicted octanol–water partition coefficient (Wildman–Crippen LogP) is 1.57. The summed E-state index contributed by atoms with van der Waals surface area (Å²) in [5, 5.41) is 30.4. The molecule has 1 saturated heterocycles. The second-order valence-electron chi connectivity index (χ2n) is 7.54. The largest absolute Gasteiger partial charge is 0.470 e. The maximum absolute atomic E-state index is 12.7. The average Bonchev–Trinajstić information content (AvgIpc) is 3.50. The number of aliphatic hydroxyl groups is 2. The third-order valence-electron chi connectivity index (χ3n) is 5.49. The number of aromatic nitrogens is 6. The Labute approximate surface area is 172 Å². The molecule has 14 heteroatoms. The van der Waals surface area contributed by atoms with Crippen molar-refractivity contribution in [3.63, 3.8) is 0 Å². The number of hydrogen-bond acceptors (Lipinski definition) is 10. The van der Waals surface area contributed by atoms with Crippen molar-refractivity contribution in [2.45, 2.75) is 62.4 Å². The number of halogens is 3. The number of alkyl halides is 3. The van der Waals surface area contributed by atoms with Crippen LogP contribution in [0.4, 0.5) is 19.0 Å². The molecule has 0 bridgehead atoms. The van der Waals surface area contributed by atoms with E-state index >= 15 is 0 Å². The van der Waals surface area contributed by atoms with Gasteiger partial charge in [-0.15, -0.1) is 10.2 Å².